The number of ether oxygens (including phenoxy) is 1. The first kappa shape index (κ1) is 26.5. The van der Waals surface area contributed by atoms with Gasteiger partial charge >= 0.3 is 6.18 Å². The molecule has 40 heavy (non-hydrogen) atoms. The number of imidazole rings is 1. The molecule has 4 aromatic rings. The molecule has 0 radical (unpaired) electrons. The monoisotopic (exact) mass is 575 g/mol. The number of aromatic nitrogens is 6. The Morgan fingerprint density at radius 1 is 1.18 bits per heavy atom. The normalized spacial score (nSPS) is 18.4. The van der Waals surface area contributed by atoms with Crippen LogP contribution >= 0.6 is 11.3 Å². The molecule has 0 bridgehead atoms. The molecule has 15 heteroatoms. The fraction of sp³-hybridized carbons (Fsp3) is 0.480. The fourth-order valence-electron chi connectivity index (χ4n) is 4.96. The Kier molecular flexibility index (Phi) is 6.65. The number of fused-ring (bicyclic) bond motifs is 1. The Hall–Kier alpha value is -3.72. The molecule has 1 unspecified atom stereocenters. The molecule has 2 N–H and O–H groups in total. The van der Waals surface area contributed by atoms with Gasteiger partial charge in [-0.3, -0.25) is 4.79 Å². The summed E-state index contributed by atoms with van der Waals surface area (Å²) in [6, 6.07) is 5.13. The van der Waals surface area contributed by atoms with Crippen LogP contribution in [0.15, 0.2) is 18.2 Å². The van der Waals surface area contributed by atoms with Crippen molar-refractivity contribution in [2.75, 3.05) is 37.6 Å². The molecule has 1 atom stereocenters. The number of rotatable bonds is 6. The van der Waals surface area contributed by atoms with E-state index < -0.39 is 11.2 Å². The number of aromatic amines is 1. The summed E-state index contributed by atoms with van der Waals surface area (Å²) in [6.45, 7) is 8.08. The summed E-state index contributed by atoms with van der Waals surface area (Å²) in [4.78, 5) is 32.6. The Balaban J connectivity index is 1.25. The summed E-state index contributed by atoms with van der Waals surface area (Å²) in [7, 11) is 0. The van der Waals surface area contributed by atoms with E-state index in [0.29, 0.717) is 64.4 Å². The van der Waals surface area contributed by atoms with Gasteiger partial charge in [0, 0.05) is 44.8 Å². The van der Waals surface area contributed by atoms with E-state index in [1.54, 1.807) is 41.6 Å². The van der Waals surface area contributed by atoms with Gasteiger partial charge in [-0.1, -0.05) is 11.3 Å². The fourth-order valence-corrected chi connectivity index (χ4v) is 5.93. The van der Waals surface area contributed by atoms with Crippen molar-refractivity contribution >= 4 is 33.3 Å². The Morgan fingerprint density at radius 3 is 2.62 bits per heavy atom. The maximum Gasteiger partial charge on any atom is 0.443 e. The molecule has 2 saturated heterocycles. The molecule has 6 rings (SSSR count). The van der Waals surface area contributed by atoms with Crippen LogP contribution in [0.3, 0.4) is 0 Å². The maximum absolute atomic E-state index is 13.8. The minimum Gasteiger partial charge on any atom is -0.488 e. The van der Waals surface area contributed by atoms with E-state index >= 15 is 0 Å². The molecule has 1 aromatic carbocycles. The number of carbonyl (C=O) groups is 1. The first-order chi connectivity index (χ1) is 19.0. The third kappa shape index (κ3) is 5.10. The number of anilines is 1. The van der Waals surface area contributed by atoms with Gasteiger partial charge in [0.2, 0.25) is 10.9 Å². The second kappa shape index (κ2) is 10.0. The lowest BCUT2D eigenvalue weighted by atomic mass is 10.2. The van der Waals surface area contributed by atoms with Gasteiger partial charge in [0.05, 0.1) is 11.0 Å². The number of amides is 1. The molecule has 11 nitrogen and oxygen atoms in total. The highest BCUT2D eigenvalue weighted by Crippen LogP contribution is 2.43. The number of benzene rings is 1. The molecule has 2 fully saturated rings. The molecule has 5 heterocycles. The van der Waals surface area contributed by atoms with E-state index in [-0.39, 0.29) is 36.1 Å². The number of nitrogens with zero attached hydrogens (tertiary/aromatic N) is 7. The highest BCUT2D eigenvalue weighted by molar-refractivity contribution is 7.16. The van der Waals surface area contributed by atoms with Crippen molar-refractivity contribution < 1.29 is 22.7 Å². The quantitative estimate of drug-likeness (QED) is 0.361. The van der Waals surface area contributed by atoms with Crippen LogP contribution in [0, 0.1) is 13.8 Å². The third-order valence-corrected chi connectivity index (χ3v) is 8.22. The summed E-state index contributed by atoms with van der Waals surface area (Å²) in [5, 5.41) is 6.83. The average Bonchev–Trinajstić information content (AvgIpc) is 3.57. The van der Waals surface area contributed by atoms with Gasteiger partial charge in [-0.15, -0.1) is 0 Å². The van der Waals surface area contributed by atoms with Crippen LogP contribution in [-0.4, -0.2) is 85.4 Å². The number of alkyl halides is 3. The van der Waals surface area contributed by atoms with Crippen LogP contribution in [0.25, 0.3) is 22.6 Å². The van der Waals surface area contributed by atoms with Gasteiger partial charge in [0.15, 0.2) is 5.82 Å². The molecule has 2 aliphatic rings. The minimum absolute atomic E-state index is 0.0585. The molecule has 1 amide bonds. The van der Waals surface area contributed by atoms with Gasteiger partial charge in [-0.05, 0) is 32.9 Å². The Labute approximate surface area is 231 Å². The standard InChI is InChI=1S/C25H28F3N9O2S/c1-13-11-35(6-7-36(13)20(38)12-37-15(3)30-14(2)34-37)23-21(33-24(40-23)25(26,27)28)22-31-18-5-4-16(8-19(18)32-22)39-17-9-29-10-17/h4-5,8,13,17,29H,6-7,9-12H2,1-3H3,(H,31,32). The highest BCUT2D eigenvalue weighted by Gasteiger charge is 2.39. The number of nitrogens with one attached hydrogen (secondary N) is 2. The number of aryl methyl sites for hydroxylation is 2. The zero-order valence-corrected chi connectivity index (χ0v) is 22.9. The van der Waals surface area contributed by atoms with Crippen LogP contribution in [0.5, 0.6) is 5.75 Å². The van der Waals surface area contributed by atoms with Crippen molar-refractivity contribution in [1.29, 1.82) is 0 Å². The second-order valence-corrected chi connectivity index (χ2v) is 11.1. The zero-order valence-electron chi connectivity index (χ0n) is 22.1. The van der Waals surface area contributed by atoms with Crippen LogP contribution in [0.4, 0.5) is 18.2 Å². The van der Waals surface area contributed by atoms with Crippen molar-refractivity contribution in [1.82, 2.24) is 39.9 Å². The van der Waals surface area contributed by atoms with Gasteiger partial charge in [0.25, 0.3) is 0 Å². The second-order valence-electron chi connectivity index (χ2n) is 10.1. The van der Waals surface area contributed by atoms with Crippen LogP contribution in [0.1, 0.15) is 23.6 Å². The SMILES string of the molecule is Cc1nc(C)n(CC(=O)N2CCN(c3sc(C(F)(F)F)nc3-c3nc4ccc(OC5CNC5)cc4[nH]3)CC2C)n1. The highest BCUT2D eigenvalue weighted by atomic mass is 32.1. The number of piperazine rings is 1. The van der Waals surface area contributed by atoms with Crippen LogP contribution in [0.2, 0.25) is 0 Å². The van der Waals surface area contributed by atoms with Crippen LogP contribution in [-0.2, 0) is 17.5 Å². The Morgan fingerprint density at radius 2 is 1.98 bits per heavy atom. The number of thiazole rings is 1. The summed E-state index contributed by atoms with van der Waals surface area (Å²) in [6.07, 6.45) is -4.50. The molecule has 2 aliphatic heterocycles. The predicted molar refractivity (Wildman–Crippen MR) is 142 cm³/mol. The first-order valence-electron chi connectivity index (χ1n) is 12.9. The minimum atomic E-state index is -4.60. The lowest BCUT2D eigenvalue weighted by Crippen LogP contribution is -2.54. The van der Waals surface area contributed by atoms with Crippen molar-refractivity contribution in [3.8, 4) is 17.3 Å². The van der Waals surface area contributed by atoms with E-state index in [2.05, 4.69) is 30.4 Å². The van der Waals surface area contributed by atoms with Gasteiger partial charge in [-0.25, -0.2) is 19.6 Å². The van der Waals surface area contributed by atoms with Crippen molar-refractivity contribution in [2.24, 2.45) is 0 Å². The number of halogens is 3. The Bertz CT molecular complexity index is 1560. The predicted octanol–water partition coefficient (Wildman–Crippen LogP) is 3.00. The smallest absolute Gasteiger partial charge is 0.443 e. The van der Waals surface area contributed by atoms with E-state index in [1.165, 1.54) is 0 Å². The summed E-state index contributed by atoms with van der Waals surface area (Å²) < 4.78 is 48.8. The summed E-state index contributed by atoms with van der Waals surface area (Å²) in [5.41, 5.74) is 1.39. The molecule has 0 aliphatic carbocycles. The molecular formula is C25H28F3N9O2S. The summed E-state index contributed by atoms with van der Waals surface area (Å²) >= 11 is 0.591. The van der Waals surface area contributed by atoms with Gasteiger partial charge in [0.1, 0.15) is 40.7 Å². The third-order valence-electron chi connectivity index (χ3n) is 7.06. The molecule has 212 valence electrons. The summed E-state index contributed by atoms with van der Waals surface area (Å²) in [5.74, 6) is 2.03. The molecule has 3 aromatic heterocycles. The van der Waals surface area contributed by atoms with Gasteiger partial charge in [-0.2, -0.15) is 18.3 Å². The van der Waals surface area contributed by atoms with Gasteiger partial charge < -0.3 is 24.8 Å². The van der Waals surface area contributed by atoms with Crippen molar-refractivity contribution in [2.45, 2.75) is 45.6 Å². The lowest BCUT2D eigenvalue weighted by Gasteiger charge is -2.40. The number of carbonyl (C=O) groups excluding carboxylic acids is 1. The maximum atomic E-state index is 13.8. The number of hydrogen-bond donors (Lipinski definition) is 2. The number of H-pyrrole nitrogens is 1. The van der Waals surface area contributed by atoms with Crippen LogP contribution < -0.4 is 15.0 Å². The molecule has 0 spiro atoms. The van der Waals surface area contributed by atoms with Crippen molar-refractivity contribution in [3.05, 3.63) is 34.9 Å². The average molecular weight is 576 g/mol. The topological polar surface area (TPSA) is 117 Å². The molecular weight excluding hydrogens is 547 g/mol. The zero-order chi connectivity index (χ0) is 28.2. The van der Waals surface area contributed by atoms with E-state index in [4.69, 9.17) is 4.74 Å². The van der Waals surface area contributed by atoms with E-state index in [9.17, 15) is 18.0 Å². The first-order valence-corrected chi connectivity index (χ1v) is 13.7. The lowest BCUT2D eigenvalue weighted by molar-refractivity contribution is -0.137. The largest absolute Gasteiger partial charge is 0.488 e. The number of hydrogen-bond acceptors (Lipinski definition) is 9. The van der Waals surface area contributed by atoms with Crippen molar-refractivity contribution in [3.63, 3.8) is 0 Å². The molecule has 0 saturated carbocycles. The van der Waals surface area contributed by atoms with E-state index in [0.717, 1.165) is 13.1 Å². The van der Waals surface area contributed by atoms with E-state index in [1.807, 2.05) is 11.8 Å².